The van der Waals surface area contributed by atoms with Crippen LogP contribution in [0, 0.1) is 13.1 Å². The molecule has 0 spiro atoms. The Morgan fingerprint density at radius 1 is 1.00 bits per heavy atom. The molecule has 0 amide bonds. The summed E-state index contributed by atoms with van der Waals surface area (Å²) in [6.07, 6.45) is 0.629. The summed E-state index contributed by atoms with van der Waals surface area (Å²) in [6, 6.07) is 13.5. The Balaban J connectivity index is 2.15. The van der Waals surface area contributed by atoms with Crippen molar-refractivity contribution in [3.05, 3.63) is 82.3 Å². The van der Waals surface area contributed by atoms with E-state index in [4.69, 9.17) is 22.6 Å². The molecule has 1 aromatic heterocycles. The second kappa shape index (κ2) is 10.5. The first kappa shape index (κ1) is 23.6. The fourth-order valence-electron chi connectivity index (χ4n) is 4.05. The van der Waals surface area contributed by atoms with E-state index < -0.39 is 5.97 Å². The number of esters is 1. The summed E-state index contributed by atoms with van der Waals surface area (Å²) in [5.74, 6) is 0.315. The van der Waals surface area contributed by atoms with Gasteiger partial charge in [-0.2, -0.15) is 0 Å². The summed E-state index contributed by atoms with van der Waals surface area (Å²) >= 11 is 0. The minimum absolute atomic E-state index is 0.262. The molecule has 0 aliphatic carbocycles. The number of hydrogen-bond donors (Lipinski definition) is 0. The fourth-order valence-corrected chi connectivity index (χ4v) is 4.05. The molecule has 0 radical (unpaired) electrons. The molecule has 6 heteroatoms. The first-order valence-corrected chi connectivity index (χ1v) is 11.0. The quantitative estimate of drug-likeness (QED) is 0.297. The molecule has 0 atom stereocenters. The molecule has 0 N–H and O–H groups in total. The van der Waals surface area contributed by atoms with Crippen LogP contribution in [0.2, 0.25) is 0 Å². The van der Waals surface area contributed by atoms with Crippen molar-refractivity contribution in [2.45, 2.75) is 33.7 Å². The highest BCUT2D eigenvalue weighted by molar-refractivity contribution is 6.01. The van der Waals surface area contributed by atoms with E-state index >= 15 is 0 Å². The molecule has 168 valence electrons. The van der Waals surface area contributed by atoms with Gasteiger partial charge in [0.15, 0.2) is 0 Å². The smallest absolute Gasteiger partial charge is 0.354 e. The molecule has 0 aliphatic rings. The van der Waals surface area contributed by atoms with Crippen LogP contribution in [0.15, 0.2) is 42.5 Å². The molecule has 0 saturated carbocycles. The van der Waals surface area contributed by atoms with Gasteiger partial charge in [-0.25, -0.2) is 16.2 Å². The molecular formula is C27H27N3O3. The molecule has 0 unspecified atom stereocenters. The summed E-state index contributed by atoms with van der Waals surface area (Å²) in [6.45, 7) is 21.7. The summed E-state index contributed by atoms with van der Waals surface area (Å²) < 4.78 is 12.9. The highest BCUT2D eigenvalue weighted by atomic mass is 16.5. The summed E-state index contributed by atoms with van der Waals surface area (Å²) in [5, 5.41) is 0. The molecule has 1 heterocycles. The highest BCUT2D eigenvalue weighted by Crippen LogP contribution is 2.41. The molecule has 0 fully saturated rings. The highest BCUT2D eigenvalue weighted by Gasteiger charge is 2.27. The predicted molar refractivity (Wildman–Crippen MR) is 129 cm³/mol. The summed E-state index contributed by atoms with van der Waals surface area (Å²) in [7, 11) is 1.80. The second-order valence-corrected chi connectivity index (χ2v) is 7.42. The number of carbonyl (C=O) groups excluding carboxylic acids is 1. The van der Waals surface area contributed by atoms with Crippen LogP contribution in [-0.2, 0) is 24.8 Å². The number of hydrogen-bond acceptors (Lipinski definition) is 3. The number of ether oxygens (including phenoxy) is 2. The van der Waals surface area contributed by atoms with E-state index in [1.807, 2.05) is 56.3 Å². The molecule has 3 rings (SSSR count). The molecule has 33 heavy (non-hydrogen) atoms. The largest absolute Gasteiger partial charge is 0.493 e. The monoisotopic (exact) mass is 441 g/mol. The van der Waals surface area contributed by atoms with Gasteiger partial charge in [-0.15, -0.1) is 0 Å². The van der Waals surface area contributed by atoms with Gasteiger partial charge < -0.3 is 18.9 Å². The Hall–Kier alpha value is -4.03. The zero-order chi connectivity index (χ0) is 24.0. The molecule has 0 saturated heterocycles. The minimum atomic E-state index is -0.436. The van der Waals surface area contributed by atoms with Crippen LogP contribution in [-0.4, -0.2) is 23.8 Å². The maximum absolute atomic E-state index is 12.8. The number of nitrogens with zero attached hydrogens (tertiary/aromatic N) is 3. The Labute approximate surface area is 195 Å². The normalized spacial score (nSPS) is 10.4. The maximum atomic E-state index is 12.8. The fraction of sp³-hybridized carbons (Fsp3) is 0.296. The van der Waals surface area contributed by atoms with Gasteiger partial charge in [0.05, 0.1) is 19.8 Å². The van der Waals surface area contributed by atoms with Crippen molar-refractivity contribution in [3.8, 4) is 28.0 Å². The van der Waals surface area contributed by atoms with Crippen molar-refractivity contribution in [2.24, 2.45) is 7.05 Å². The summed E-state index contributed by atoms with van der Waals surface area (Å²) in [5.41, 5.74) is 5.80. The maximum Gasteiger partial charge on any atom is 0.354 e. The van der Waals surface area contributed by atoms with E-state index in [1.54, 1.807) is 18.5 Å². The van der Waals surface area contributed by atoms with Crippen LogP contribution in [0.5, 0.6) is 5.75 Å². The van der Waals surface area contributed by atoms with E-state index in [9.17, 15) is 4.79 Å². The predicted octanol–water partition coefficient (Wildman–Crippen LogP) is 6.47. The Morgan fingerprint density at radius 3 is 2.27 bits per heavy atom. The van der Waals surface area contributed by atoms with Gasteiger partial charge in [0, 0.05) is 29.4 Å². The number of rotatable bonds is 8. The van der Waals surface area contributed by atoms with Gasteiger partial charge in [-0.1, -0.05) is 31.2 Å². The zero-order valence-corrected chi connectivity index (χ0v) is 19.4. The third-order valence-electron chi connectivity index (χ3n) is 5.49. The van der Waals surface area contributed by atoms with Crippen molar-refractivity contribution in [1.82, 2.24) is 4.57 Å². The molecule has 3 aromatic rings. The standard InChI is InChI=1S/C27H27N3O3/c1-7-22-25(29-5)24(26(30(22)6)27(31)33-9-3)20-13-11-19(12-14-20)21-16-18(17-28-4)10-15-23(21)32-8-2/h10-16H,7-9,17H2,1-3,6H3. The first-order valence-electron chi connectivity index (χ1n) is 11.0. The Bertz CT molecular complexity index is 1240. The lowest BCUT2D eigenvalue weighted by atomic mass is 9.97. The Morgan fingerprint density at radius 2 is 1.70 bits per heavy atom. The van der Waals surface area contributed by atoms with E-state index in [2.05, 4.69) is 9.69 Å². The van der Waals surface area contributed by atoms with Gasteiger partial charge in [-0.3, -0.25) is 0 Å². The molecule has 0 aliphatic heterocycles. The van der Waals surface area contributed by atoms with Crippen molar-refractivity contribution in [2.75, 3.05) is 13.2 Å². The van der Waals surface area contributed by atoms with Gasteiger partial charge in [0.2, 0.25) is 12.2 Å². The van der Waals surface area contributed by atoms with Gasteiger partial charge in [-0.05, 0) is 49.6 Å². The molecule has 2 aromatic carbocycles. The number of benzene rings is 2. The SMILES string of the molecule is [C-]#[N+]Cc1ccc(OCC)c(-c2ccc(-c3c([N+]#[C-])c(CC)n(C)c3C(=O)OCC)cc2)c1. The first-order chi connectivity index (χ1) is 16.0. The van der Waals surface area contributed by atoms with Crippen molar-refractivity contribution in [1.29, 1.82) is 0 Å². The van der Waals surface area contributed by atoms with Gasteiger partial charge >= 0.3 is 5.97 Å². The molecular weight excluding hydrogens is 414 g/mol. The van der Waals surface area contributed by atoms with E-state index in [0.29, 0.717) is 36.5 Å². The topological polar surface area (TPSA) is 49.2 Å². The van der Waals surface area contributed by atoms with E-state index in [-0.39, 0.29) is 6.61 Å². The number of carbonyl (C=O) groups is 1. The van der Waals surface area contributed by atoms with E-state index in [1.165, 1.54) is 0 Å². The lowest BCUT2D eigenvalue weighted by Gasteiger charge is -2.13. The number of aromatic nitrogens is 1. The lowest BCUT2D eigenvalue weighted by Crippen LogP contribution is -2.12. The van der Waals surface area contributed by atoms with Crippen LogP contribution in [0.4, 0.5) is 5.69 Å². The van der Waals surface area contributed by atoms with Crippen LogP contribution < -0.4 is 4.74 Å². The van der Waals surface area contributed by atoms with Crippen LogP contribution in [0.1, 0.15) is 42.5 Å². The third-order valence-corrected chi connectivity index (χ3v) is 5.49. The van der Waals surface area contributed by atoms with Gasteiger partial charge in [0.25, 0.3) is 0 Å². The minimum Gasteiger partial charge on any atom is -0.493 e. The average Bonchev–Trinajstić information content (AvgIpc) is 3.12. The molecule has 6 nitrogen and oxygen atoms in total. The van der Waals surface area contributed by atoms with Crippen LogP contribution >= 0.6 is 0 Å². The summed E-state index contributed by atoms with van der Waals surface area (Å²) in [4.78, 5) is 20.0. The van der Waals surface area contributed by atoms with Crippen molar-refractivity contribution < 1.29 is 14.3 Å². The molecule has 0 bridgehead atoms. The van der Waals surface area contributed by atoms with Gasteiger partial charge in [0.1, 0.15) is 11.4 Å². The van der Waals surface area contributed by atoms with E-state index in [0.717, 1.165) is 33.7 Å². The lowest BCUT2D eigenvalue weighted by molar-refractivity contribution is 0.0516. The Kier molecular flexibility index (Phi) is 7.53. The third kappa shape index (κ3) is 4.61. The van der Waals surface area contributed by atoms with Crippen molar-refractivity contribution >= 4 is 11.7 Å². The average molecular weight is 442 g/mol. The second-order valence-electron chi connectivity index (χ2n) is 7.42. The van der Waals surface area contributed by atoms with Crippen LogP contribution in [0.3, 0.4) is 0 Å². The van der Waals surface area contributed by atoms with Crippen molar-refractivity contribution in [3.63, 3.8) is 0 Å². The zero-order valence-electron chi connectivity index (χ0n) is 19.4. The van der Waals surface area contributed by atoms with Crippen LogP contribution in [0.25, 0.3) is 31.9 Å².